The summed E-state index contributed by atoms with van der Waals surface area (Å²) in [5.41, 5.74) is 24.7. The number of halogens is 2. The van der Waals surface area contributed by atoms with Gasteiger partial charge in [-0.05, 0) is 252 Å². The second-order valence-electron chi connectivity index (χ2n) is 26.0. The van der Waals surface area contributed by atoms with Crippen LogP contribution in [0.3, 0.4) is 0 Å². The molecule has 0 saturated carbocycles. The molecule has 0 aliphatic carbocycles. The molecule has 482 valence electrons. The Morgan fingerprint density at radius 1 is 0.186 bits per heavy atom. The van der Waals surface area contributed by atoms with Crippen LogP contribution in [0, 0.1) is 11.6 Å². The van der Waals surface area contributed by atoms with Crippen LogP contribution in [0.2, 0.25) is 0 Å². The molecule has 19 aromatic rings. The highest BCUT2D eigenvalue weighted by Crippen LogP contribution is 2.46. The molecular weight excluding hydrogens is 1250 g/mol. The Bertz CT molecular complexity index is 5930. The number of aromatic nitrogens is 4. The van der Waals surface area contributed by atoms with Gasteiger partial charge in [-0.1, -0.05) is 158 Å². The zero-order valence-electron chi connectivity index (χ0n) is 55.2. The standard InChI is InChI=1S/C94H62F2N6/c95-71-37-29-67(30-38-71)91-57-69-60-94-70(59-93(69)101(91)79-49-45-77(46-50-79)97(75-41-33-65(34-42-75)63-17-5-1-6-18-63)81-53-55-89-85(61-81)83-25-13-15-27-87(83)99(89)73-21-9-3-10-22-73)58-92(68-31-39-72(96)40-32-68)102(94)80-51-47-78(48-52-80)98(76-43-35-66(36-44-76)64-19-7-2-8-20-64)82-54-56-90-86(62-82)84-26-14-16-28-88(84)100(90)74-23-11-4-12-24-74/h1-62H. The Kier molecular flexibility index (Phi) is 14.5. The molecule has 0 unspecified atom stereocenters. The van der Waals surface area contributed by atoms with E-state index in [9.17, 15) is 8.78 Å². The molecule has 0 fully saturated rings. The van der Waals surface area contributed by atoms with E-state index in [0.717, 1.165) is 156 Å². The van der Waals surface area contributed by atoms with Gasteiger partial charge in [-0.2, -0.15) is 0 Å². The molecule has 0 spiro atoms. The summed E-state index contributed by atoms with van der Waals surface area (Å²) < 4.78 is 39.2. The predicted octanol–water partition coefficient (Wildman–Crippen LogP) is 25.7. The van der Waals surface area contributed by atoms with E-state index >= 15 is 0 Å². The third kappa shape index (κ3) is 10.4. The Morgan fingerprint density at radius 3 is 0.843 bits per heavy atom. The van der Waals surface area contributed by atoms with Gasteiger partial charge in [0.15, 0.2) is 0 Å². The fraction of sp³-hybridized carbons (Fsp3) is 0. The van der Waals surface area contributed by atoms with Gasteiger partial charge in [-0.3, -0.25) is 0 Å². The first kappa shape index (κ1) is 59.7. The zero-order chi connectivity index (χ0) is 67.8. The largest absolute Gasteiger partial charge is 0.310 e. The smallest absolute Gasteiger partial charge is 0.123 e. The Labute approximate surface area is 588 Å². The van der Waals surface area contributed by atoms with Crippen LogP contribution in [-0.2, 0) is 0 Å². The van der Waals surface area contributed by atoms with Gasteiger partial charge >= 0.3 is 0 Å². The summed E-state index contributed by atoms with van der Waals surface area (Å²) in [7, 11) is 0. The third-order valence-electron chi connectivity index (χ3n) is 20.1. The summed E-state index contributed by atoms with van der Waals surface area (Å²) in [6.45, 7) is 0. The van der Waals surface area contributed by atoms with Crippen molar-refractivity contribution in [3.63, 3.8) is 0 Å². The predicted molar refractivity (Wildman–Crippen MR) is 420 cm³/mol. The van der Waals surface area contributed by atoms with E-state index < -0.39 is 0 Å². The first-order chi connectivity index (χ1) is 50.4. The first-order valence-electron chi connectivity index (χ1n) is 34.4. The Morgan fingerprint density at radius 2 is 0.471 bits per heavy atom. The Balaban J connectivity index is 0.745. The molecular formula is C94H62F2N6. The quantitative estimate of drug-likeness (QED) is 0.108. The highest BCUT2D eigenvalue weighted by molar-refractivity contribution is 6.12. The van der Waals surface area contributed by atoms with Crippen molar-refractivity contribution in [3.8, 4) is 67.5 Å². The molecule has 6 nitrogen and oxygen atoms in total. The van der Waals surface area contributed by atoms with Gasteiger partial charge in [-0.25, -0.2) is 8.78 Å². The molecule has 4 aromatic heterocycles. The molecule has 0 atom stereocenters. The number of anilines is 6. The maximum atomic E-state index is 15.0. The van der Waals surface area contributed by atoms with Crippen molar-refractivity contribution in [2.45, 2.75) is 0 Å². The summed E-state index contributed by atoms with van der Waals surface area (Å²) in [5.74, 6) is -0.608. The average Bonchev–Trinajstić information content (AvgIpc) is 1.61. The molecule has 0 aliphatic heterocycles. The van der Waals surface area contributed by atoms with Crippen molar-refractivity contribution < 1.29 is 8.78 Å². The molecule has 0 bridgehead atoms. The Hall–Kier alpha value is -13.6. The van der Waals surface area contributed by atoms with E-state index in [0.29, 0.717) is 0 Å². The number of benzene rings is 15. The van der Waals surface area contributed by atoms with E-state index in [1.165, 1.54) is 35.0 Å². The maximum absolute atomic E-state index is 15.0. The monoisotopic (exact) mass is 1310 g/mol. The molecule has 19 rings (SSSR count). The summed E-state index contributed by atoms with van der Waals surface area (Å²) >= 11 is 0. The average molecular weight is 1310 g/mol. The lowest BCUT2D eigenvalue weighted by Crippen LogP contribution is -2.10. The van der Waals surface area contributed by atoms with Crippen LogP contribution in [0.25, 0.3) is 133 Å². The van der Waals surface area contributed by atoms with E-state index in [1.807, 2.05) is 36.4 Å². The topological polar surface area (TPSA) is 26.2 Å². The minimum Gasteiger partial charge on any atom is -0.310 e. The van der Waals surface area contributed by atoms with Crippen molar-refractivity contribution in [2.24, 2.45) is 0 Å². The molecule has 8 heteroatoms. The highest BCUT2D eigenvalue weighted by Gasteiger charge is 2.24. The van der Waals surface area contributed by atoms with Crippen molar-refractivity contribution >= 4 is 99.5 Å². The fourth-order valence-electron chi connectivity index (χ4n) is 15.3. The normalized spacial score (nSPS) is 11.6. The lowest BCUT2D eigenvalue weighted by Gasteiger charge is -2.26. The molecule has 15 aromatic carbocycles. The number of hydrogen-bond donors (Lipinski definition) is 0. The summed E-state index contributed by atoms with van der Waals surface area (Å²) in [5, 5.41) is 6.63. The maximum Gasteiger partial charge on any atom is 0.123 e. The van der Waals surface area contributed by atoms with Gasteiger partial charge in [0.05, 0.1) is 44.5 Å². The van der Waals surface area contributed by atoms with E-state index in [2.05, 4.69) is 344 Å². The second-order valence-corrected chi connectivity index (χ2v) is 26.0. The summed E-state index contributed by atoms with van der Waals surface area (Å²) in [4.78, 5) is 4.67. The lowest BCUT2D eigenvalue weighted by atomic mass is 10.0. The highest BCUT2D eigenvalue weighted by atomic mass is 19.1. The van der Waals surface area contributed by atoms with E-state index in [1.54, 1.807) is 0 Å². The van der Waals surface area contributed by atoms with Gasteiger partial charge in [0.2, 0.25) is 0 Å². The number of fused-ring (bicyclic) bond motifs is 8. The van der Waals surface area contributed by atoms with Crippen LogP contribution in [0.4, 0.5) is 42.9 Å². The SMILES string of the molecule is Fc1ccc(-c2cc3cc4c(cc(-c5ccc(F)cc5)n4-c4ccc(N(c5ccc(-c6ccccc6)cc5)c5ccc6c(c5)c5ccccc5n6-c5ccccc5)cc4)cc3n2-c2ccc(N(c3ccc(-c4ccccc4)cc3)c3ccc4c(c3)c3ccccc3n4-c3ccccc3)cc2)cc1. The first-order valence-corrected chi connectivity index (χ1v) is 34.4. The number of para-hydroxylation sites is 4. The van der Waals surface area contributed by atoms with Crippen LogP contribution in [0.5, 0.6) is 0 Å². The molecule has 0 amide bonds. The summed E-state index contributed by atoms with van der Waals surface area (Å²) in [6.07, 6.45) is 0. The zero-order valence-corrected chi connectivity index (χ0v) is 55.2. The number of nitrogens with zero attached hydrogens (tertiary/aromatic N) is 6. The fourth-order valence-corrected chi connectivity index (χ4v) is 15.3. The molecule has 0 radical (unpaired) electrons. The van der Waals surface area contributed by atoms with Gasteiger partial charge in [0, 0.05) is 89.2 Å². The van der Waals surface area contributed by atoms with Crippen molar-refractivity contribution in [1.29, 1.82) is 0 Å². The molecule has 4 heterocycles. The number of rotatable bonds is 14. The van der Waals surface area contributed by atoms with E-state index in [-0.39, 0.29) is 11.6 Å². The van der Waals surface area contributed by atoms with Gasteiger partial charge < -0.3 is 28.1 Å². The van der Waals surface area contributed by atoms with Crippen LogP contribution < -0.4 is 9.80 Å². The summed E-state index contributed by atoms with van der Waals surface area (Å²) in [6, 6.07) is 131. The minimum atomic E-state index is -0.304. The van der Waals surface area contributed by atoms with Crippen LogP contribution in [0.15, 0.2) is 376 Å². The van der Waals surface area contributed by atoms with Crippen molar-refractivity contribution in [3.05, 3.63) is 388 Å². The molecule has 0 saturated heterocycles. The molecule has 0 aliphatic rings. The van der Waals surface area contributed by atoms with Crippen molar-refractivity contribution in [2.75, 3.05) is 9.80 Å². The number of hydrogen-bond acceptors (Lipinski definition) is 2. The minimum absolute atomic E-state index is 0.304. The molecule has 102 heavy (non-hydrogen) atoms. The van der Waals surface area contributed by atoms with E-state index in [4.69, 9.17) is 0 Å². The van der Waals surface area contributed by atoms with Gasteiger partial charge in [0.1, 0.15) is 11.6 Å². The van der Waals surface area contributed by atoms with Gasteiger partial charge in [0.25, 0.3) is 0 Å². The van der Waals surface area contributed by atoms with Gasteiger partial charge in [-0.15, -0.1) is 0 Å². The molecule has 0 N–H and O–H groups in total. The lowest BCUT2D eigenvalue weighted by molar-refractivity contribution is 0.627. The second kappa shape index (κ2) is 24.8. The van der Waals surface area contributed by atoms with Crippen LogP contribution >= 0.6 is 0 Å². The van der Waals surface area contributed by atoms with Crippen LogP contribution in [0.1, 0.15) is 0 Å². The third-order valence-corrected chi connectivity index (χ3v) is 20.1. The van der Waals surface area contributed by atoms with Crippen molar-refractivity contribution in [1.82, 2.24) is 18.3 Å². The van der Waals surface area contributed by atoms with Crippen LogP contribution in [-0.4, -0.2) is 18.3 Å².